The van der Waals surface area contributed by atoms with E-state index in [0.717, 1.165) is 16.8 Å². The van der Waals surface area contributed by atoms with Gasteiger partial charge in [0.05, 0.1) is 16.6 Å². The van der Waals surface area contributed by atoms with Crippen LogP contribution in [0.25, 0.3) is 22.2 Å². The van der Waals surface area contributed by atoms with E-state index in [1.54, 1.807) is 18.2 Å². The molecule has 1 heterocycles. The highest BCUT2D eigenvalue weighted by atomic mass is 16.4. The van der Waals surface area contributed by atoms with Gasteiger partial charge in [0, 0.05) is 11.3 Å². The average molecular weight is 329 g/mol. The molecule has 0 amide bonds. The van der Waals surface area contributed by atoms with Crippen molar-refractivity contribution in [3.63, 3.8) is 0 Å². The molecule has 1 aromatic heterocycles. The molecular formula is C20H15N3O2. The second-order valence-electron chi connectivity index (χ2n) is 5.66. The van der Waals surface area contributed by atoms with Crippen molar-refractivity contribution in [2.24, 2.45) is 0 Å². The van der Waals surface area contributed by atoms with Crippen molar-refractivity contribution in [2.45, 2.75) is 0 Å². The van der Waals surface area contributed by atoms with E-state index >= 15 is 0 Å². The highest BCUT2D eigenvalue weighted by Gasteiger charge is 2.09. The average Bonchev–Trinajstić information content (AvgIpc) is 3.04. The van der Waals surface area contributed by atoms with Crippen molar-refractivity contribution < 1.29 is 9.90 Å². The molecule has 25 heavy (non-hydrogen) atoms. The van der Waals surface area contributed by atoms with Gasteiger partial charge in [-0.2, -0.15) is 0 Å². The molecule has 0 bridgehead atoms. The molecule has 5 nitrogen and oxygen atoms in total. The summed E-state index contributed by atoms with van der Waals surface area (Å²) in [5, 5.41) is 12.4. The summed E-state index contributed by atoms with van der Waals surface area (Å²) in [6, 6.07) is 22.9. The standard InChI is InChI=1S/C20H15N3O2/c24-19(25)14-10-11-17-18(12-14)23-20(22-17)21-16-9-5-4-8-15(16)13-6-2-1-3-7-13/h1-12H,(H,24,25)(H2,21,22,23). The van der Waals surface area contributed by atoms with Crippen LogP contribution in [0, 0.1) is 0 Å². The fourth-order valence-electron chi connectivity index (χ4n) is 2.79. The van der Waals surface area contributed by atoms with Gasteiger partial charge in [-0.05, 0) is 29.8 Å². The van der Waals surface area contributed by atoms with Crippen molar-refractivity contribution >= 4 is 28.6 Å². The molecule has 0 fully saturated rings. The molecule has 3 N–H and O–H groups in total. The lowest BCUT2D eigenvalue weighted by atomic mass is 10.0. The third kappa shape index (κ3) is 2.95. The number of benzene rings is 3. The molecule has 0 radical (unpaired) electrons. The number of fused-ring (bicyclic) bond motifs is 1. The third-order valence-electron chi connectivity index (χ3n) is 3.99. The highest BCUT2D eigenvalue weighted by Crippen LogP contribution is 2.29. The van der Waals surface area contributed by atoms with E-state index < -0.39 is 5.97 Å². The third-order valence-corrected chi connectivity index (χ3v) is 3.99. The summed E-state index contributed by atoms with van der Waals surface area (Å²) in [6.07, 6.45) is 0. The Bertz CT molecular complexity index is 1050. The number of hydrogen-bond donors (Lipinski definition) is 3. The van der Waals surface area contributed by atoms with E-state index in [-0.39, 0.29) is 5.56 Å². The van der Waals surface area contributed by atoms with E-state index in [0.29, 0.717) is 17.0 Å². The number of carboxylic acids is 1. The van der Waals surface area contributed by atoms with E-state index in [2.05, 4.69) is 27.4 Å². The number of aromatic amines is 1. The molecule has 5 heteroatoms. The summed E-state index contributed by atoms with van der Waals surface area (Å²) in [5.74, 6) is -0.388. The first-order chi connectivity index (χ1) is 12.2. The maximum atomic E-state index is 11.1. The Hall–Kier alpha value is -3.60. The first kappa shape index (κ1) is 15.0. The zero-order chi connectivity index (χ0) is 17.2. The molecule has 0 aliphatic rings. The number of aromatic carboxylic acids is 1. The summed E-state index contributed by atoms with van der Waals surface area (Å²) in [6.45, 7) is 0. The number of carbonyl (C=O) groups is 1. The highest BCUT2D eigenvalue weighted by molar-refractivity contribution is 5.93. The van der Waals surface area contributed by atoms with Crippen LogP contribution < -0.4 is 5.32 Å². The van der Waals surface area contributed by atoms with Crippen molar-refractivity contribution in [3.8, 4) is 11.1 Å². The van der Waals surface area contributed by atoms with Gasteiger partial charge in [-0.25, -0.2) is 9.78 Å². The molecule has 3 aromatic carbocycles. The molecule has 0 aliphatic heterocycles. The molecule has 4 aromatic rings. The molecule has 0 aliphatic carbocycles. The summed E-state index contributed by atoms with van der Waals surface area (Å²) in [5.41, 5.74) is 4.72. The van der Waals surface area contributed by atoms with Crippen LogP contribution in [0.4, 0.5) is 11.6 Å². The Morgan fingerprint density at radius 1 is 0.960 bits per heavy atom. The lowest BCUT2D eigenvalue weighted by molar-refractivity contribution is 0.0697. The number of H-pyrrole nitrogens is 1. The van der Waals surface area contributed by atoms with E-state index in [1.807, 2.05) is 42.5 Å². The van der Waals surface area contributed by atoms with Crippen LogP contribution in [-0.2, 0) is 0 Å². The van der Waals surface area contributed by atoms with Gasteiger partial charge in [-0.15, -0.1) is 0 Å². The Labute approximate surface area is 144 Å². The zero-order valence-corrected chi connectivity index (χ0v) is 13.2. The minimum absolute atomic E-state index is 0.229. The molecule has 0 saturated carbocycles. The molecular weight excluding hydrogens is 314 g/mol. The van der Waals surface area contributed by atoms with Gasteiger partial charge in [0.1, 0.15) is 0 Å². The molecule has 0 spiro atoms. The van der Waals surface area contributed by atoms with Crippen LogP contribution >= 0.6 is 0 Å². The minimum Gasteiger partial charge on any atom is -0.478 e. The molecule has 4 rings (SSSR count). The number of anilines is 2. The lowest BCUT2D eigenvalue weighted by Crippen LogP contribution is -1.95. The van der Waals surface area contributed by atoms with Crippen LogP contribution in [0.1, 0.15) is 10.4 Å². The maximum Gasteiger partial charge on any atom is 0.335 e. The number of nitrogens with one attached hydrogen (secondary N) is 2. The first-order valence-corrected chi connectivity index (χ1v) is 7.85. The zero-order valence-electron chi connectivity index (χ0n) is 13.2. The second kappa shape index (κ2) is 6.13. The van der Waals surface area contributed by atoms with E-state index in [9.17, 15) is 4.79 Å². The van der Waals surface area contributed by atoms with E-state index in [4.69, 9.17) is 5.11 Å². The second-order valence-corrected chi connectivity index (χ2v) is 5.66. The smallest absolute Gasteiger partial charge is 0.335 e. The summed E-state index contributed by atoms with van der Waals surface area (Å²) in [4.78, 5) is 18.7. The quantitative estimate of drug-likeness (QED) is 0.508. The topological polar surface area (TPSA) is 78.0 Å². The number of hydrogen-bond acceptors (Lipinski definition) is 3. The molecule has 0 atom stereocenters. The van der Waals surface area contributed by atoms with Crippen LogP contribution in [0.5, 0.6) is 0 Å². The van der Waals surface area contributed by atoms with E-state index in [1.165, 1.54) is 0 Å². The Morgan fingerprint density at radius 3 is 2.52 bits per heavy atom. The monoisotopic (exact) mass is 329 g/mol. The van der Waals surface area contributed by atoms with Crippen molar-refractivity contribution in [1.82, 2.24) is 9.97 Å². The van der Waals surface area contributed by atoms with Crippen LogP contribution in [0.3, 0.4) is 0 Å². The molecule has 122 valence electrons. The first-order valence-electron chi connectivity index (χ1n) is 7.85. The number of rotatable bonds is 4. The number of aromatic nitrogens is 2. The molecule has 0 saturated heterocycles. The van der Waals surface area contributed by atoms with Gasteiger partial charge in [0.15, 0.2) is 0 Å². The number of imidazole rings is 1. The van der Waals surface area contributed by atoms with Gasteiger partial charge in [0.25, 0.3) is 0 Å². The Kier molecular flexibility index (Phi) is 3.67. The Balaban J connectivity index is 1.71. The summed E-state index contributed by atoms with van der Waals surface area (Å²) >= 11 is 0. The van der Waals surface area contributed by atoms with Crippen molar-refractivity contribution in [2.75, 3.05) is 5.32 Å². The predicted octanol–water partition coefficient (Wildman–Crippen LogP) is 4.67. The van der Waals surface area contributed by atoms with Crippen LogP contribution in [0.15, 0.2) is 72.8 Å². The molecule has 0 unspecified atom stereocenters. The van der Waals surface area contributed by atoms with Gasteiger partial charge < -0.3 is 15.4 Å². The summed E-state index contributed by atoms with van der Waals surface area (Å²) < 4.78 is 0. The van der Waals surface area contributed by atoms with Gasteiger partial charge >= 0.3 is 5.97 Å². The van der Waals surface area contributed by atoms with Gasteiger partial charge in [-0.1, -0.05) is 48.5 Å². The van der Waals surface area contributed by atoms with Crippen LogP contribution in [-0.4, -0.2) is 21.0 Å². The van der Waals surface area contributed by atoms with Crippen molar-refractivity contribution in [1.29, 1.82) is 0 Å². The van der Waals surface area contributed by atoms with Crippen molar-refractivity contribution in [3.05, 3.63) is 78.4 Å². The maximum absolute atomic E-state index is 11.1. The number of para-hydroxylation sites is 1. The normalized spacial score (nSPS) is 10.7. The lowest BCUT2D eigenvalue weighted by Gasteiger charge is -2.10. The predicted molar refractivity (Wildman–Crippen MR) is 98.2 cm³/mol. The largest absolute Gasteiger partial charge is 0.478 e. The number of nitrogens with zero attached hydrogens (tertiary/aromatic N) is 1. The Morgan fingerprint density at radius 2 is 1.72 bits per heavy atom. The SMILES string of the molecule is O=C(O)c1ccc2nc(Nc3ccccc3-c3ccccc3)[nH]c2c1. The fourth-order valence-corrected chi connectivity index (χ4v) is 2.79. The summed E-state index contributed by atoms with van der Waals surface area (Å²) in [7, 11) is 0. The fraction of sp³-hybridized carbons (Fsp3) is 0. The van der Waals surface area contributed by atoms with Gasteiger partial charge in [0.2, 0.25) is 5.95 Å². The van der Waals surface area contributed by atoms with Gasteiger partial charge in [-0.3, -0.25) is 0 Å². The number of carboxylic acid groups (broad SMARTS) is 1. The minimum atomic E-state index is -0.958. The van der Waals surface area contributed by atoms with Crippen LogP contribution in [0.2, 0.25) is 0 Å².